The number of ether oxygens (including phenoxy) is 2. The van der Waals surface area contributed by atoms with Crippen LogP contribution in [0.4, 0.5) is 5.69 Å². The molecule has 0 saturated heterocycles. The average Bonchev–Trinajstić information content (AvgIpc) is 2.41. The topological polar surface area (TPSA) is 81.8 Å². The predicted molar refractivity (Wildman–Crippen MR) is 75.0 cm³/mol. The van der Waals surface area contributed by atoms with Gasteiger partial charge in [-0.2, -0.15) is 0 Å². The lowest BCUT2D eigenvalue weighted by Gasteiger charge is -2.12. The first-order chi connectivity index (χ1) is 9.61. The summed E-state index contributed by atoms with van der Waals surface area (Å²) in [6, 6.07) is 11.8. The average molecular weight is 273 g/mol. The van der Waals surface area contributed by atoms with Gasteiger partial charge in [-0.1, -0.05) is 18.2 Å². The van der Waals surface area contributed by atoms with Crippen molar-refractivity contribution in [3.8, 4) is 11.5 Å². The molecule has 0 atom stereocenters. The molecule has 0 aliphatic heterocycles. The summed E-state index contributed by atoms with van der Waals surface area (Å²) < 4.78 is 10.7. The van der Waals surface area contributed by atoms with E-state index in [1.807, 2.05) is 12.1 Å². The number of anilines is 1. The second-order valence-electron chi connectivity index (χ2n) is 4.21. The van der Waals surface area contributed by atoms with Gasteiger partial charge >= 0.3 is 5.97 Å². The number of nitrogens with two attached hydrogens (primary N) is 1. The molecule has 0 aliphatic rings. The third kappa shape index (κ3) is 3.07. The monoisotopic (exact) mass is 273 g/mol. The van der Waals surface area contributed by atoms with Gasteiger partial charge in [0.25, 0.3) is 0 Å². The van der Waals surface area contributed by atoms with E-state index < -0.39 is 5.97 Å². The Morgan fingerprint density at radius 2 is 2.00 bits per heavy atom. The Hall–Kier alpha value is -2.53. The van der Waals surface area contributed by atoms with Crippen molar-refractivity contribution >= 4 is 11.7 Å². The Morgan fingerprint density at radius 1 is 1.25 bits per heavy atom. The fourth-order valence-corrected chi connectivity index (χ4v) is 1.82. The number of benzene rings is 2. The number of aromatic carboxylic acids is 1. The number of carboxylic acid groups (broad SMARTS) is 1. The van der Waals surface area contributed by atoms with Crippen molar-refractivity contribution in [2.75, 3.05) is 12.8 Å². The Morgan fingerprint density at radius 3 is 2.70 bits per heavy atom. The van der Waals surface area contributed by atoms with Crippen molar-refractivity contribution in [2.24, 2.45) is 0 Å². The molecule has 2 rings (SSSR count). The standard InChI is InChI=1S/C15H15NO4/c1-19-9-10-4-2-5-11(8-10)20-14-12(15(17)18)6-3-7-13(14)16/h2-8H,9,16H2,1H3,(H,17,18). The van der Waals surface area contributed by atoms with Gasteiger partial charge in [-0.15, -0.1) is 0 Å². The van der Waals surface area contributed by atoms with Crippen LogP contribution in [0.1, 0.15) is 15.9 Å². The summed E-state index contributed by atoms with van der Waals surface area (Å²) in [6.07, 6.45) is 0. The van der Waals surface area contributed by atoms with Crippen LogP contribution in [0.5, 0.6) is 11.5 Å². The lowest BCUT2D eigenvalue weighted by molar-refractivity contribution is 0.0694. The minimum atomic E-state index is -1.08. The third-order valence-corrected chi connectivity index (χ3v) is 2.71. The Labute approximate surface area is 116 Å². The summed E-state index contributed by atoms with van der Waals surface area (Å²) in [4.78, 5) is 11.2. The maximum Gasteiger partial charge on any atom is 0.339 e. The zero-order chi connectivity index (χ0) is 14.5. The molecule has 0 aromatic heterocycles. The Bertz CT molecular complexity index is 625. The van der Waals surface area contributed by atoms with Crippen LogP contribution < -0.4 is 10.5 Å². The number of methoxy groups -OCH3 is 1. The maximum absolute atomic E-state index is 11.2. The van der Waals surface area contributed by atoms with Crippen molar-refractivity contribution in [1.82, 2.24) is 0 Å². The van der Waals surface area contributed by atoms with Gasteiger partial charge in [-0.3, -0.25) is 0 Å². The molecule has 2 aromatic rings. The zero-order valence-corrected chi connectivity index (χ0v) is 11.0. The van der Waals surface area contributed by atoms with E-state index in [0.29, 0.717) is 12.4 Å². The maximum atomic E-state index is 11.2. The minimum absolute atomic E-state index is 0.0298. The van der Waals surface area contributed by atoms with E-state index >= 15 is 0 Å². The van der Waals surface area contributed by atoms with Crippen LogP contribution in [0, 0.1) is 0 Å². The van der Waals surface area contributed by atoms with E-state index in [-0.39, 0.29) is 17.0 Å². The molecule has 0 unspecified atom stereocenters. The smallest absolute Gasteiger partial charge is 0.339 e. The van der Waals surface area contributed by atoms with Crippen LogP contribution in [0.3, 0.4) is 0 Å². The predicted octanol–water partition coefficient (Wildman–Crippen LogP) is 2.91. The number of hydrogen-bond acceptors (Lipinski definition) is 4. The van der Waals surface area contributed by atoms with E-state index in [1.165, 1.54) is 6.07 Å². The molecule has 0 spiro atoms. The van der Waals surface area contributed by atoms with Crippen molar-refractivity contribution in [3.63, 3.8) is 0 Å². The first-order valence-electron chi connectivity index (χ1n) is 5.99. The summed E-state index contributed by atoms with van der Waals surface area (Å²) in [5.74, 6) is -0.421. The molecule has 20 heavy (non-hydrogen) atoms. The second-order valence-corrected chi connectivity index (χ2v) is 4.21. The first-order valence-corrected chi connectivity index (χ1v) is 5.99. The van der Waals surface area contributed by atoms with Gasteiger partial charge in [0.2, 0.25) is 0 Å². The molecule has 5 nitrogen and oxygen atoms in total. The minimum Gasteiger partial charge on any atom is -0.478 e. The van der Waals surface area contributed by atoms with Crippen molar-refractivity contribution in [1.29, 1.82) is 0 Å². The Kier molecular flexibility index (Phi) is 4.22. The second kappa shape index (κ2) is 6.08. The number of hydrogen-bond donors (Lipinski definition) is 2. The highest BCUT2D eigenvalue weighted by molar-refractivity contribution is 5.93. The van der Waals surface area contributed by atoms with Crippen LogP contribution in [0.15, 0.2) is 42.5 Å². The number of carbonyl (C=O) groups is 1. The van der Waals surface area contributed by atoms with Gasteiger partial charge in [0, 0.05) is 7.11 Å². The fourth-order valence-electron chi connectivity index (χ4n) is 1.82. The van der Waals surface area contributed by atoms with Gasteiger partial charge in [-0.05, 0) is 29.8 Å². The van der Waals surface area contributed by atoms with E-state index in [4.69, 9.17) is 20.3 Å². The van der Waals surface area contributed by atoms with E-state index in [0.717, 1.165) is 5.56 Å². The summed E-state index contributed by atoms with van der Waals surface area (Å²) >= 11 is 0. The lowest BCUT2D eigenvalue weighted by atomic mass is 10.1. The molecule has 0 radical (unpaired) electrons. The first kappa shape index (κ1) is 13.9. The molecule has 0 heterocycles. The number of carboxylic acids is 1. The fraction of sp³-hybridized carbons (Fsp3) is 0.133. The molecule has 3 N–H and O–H groups in total. The van der Waals surface area contributed by atoms with Crippen molar-refractivity contribution < 1.29 is 19.4 Å². The molecule has 0 saturated carbocycles. The molecular weight excluding hydrogens is 258 g/mol. The summed E-state index contributed by atoms with van der Waals surface area (Å²) in [5, 5.41) is 9.15. The van der Waals surface area contributed by atoms with Gasteiger partial charge in [0.15, 0.2) is 5.75 Å². The van der Waals surface area contributed by atoms with E-state index in [2.05, 4.69) is 0 Å². The Balaban J connectivity index is 2.34. The molecular formula is C15H15NO4. The molecule has 2 aromatic carbocycles. The molecule has 0 fully saturated rings. The number of para-hydroxylation sites is 1. The van der Waals surface area contributed by atoms with Gasteiger partial charge in [-0.25, -0.2) is 4.79 Å². The summed E-state index contributed by atoms with van der Waals surface area (Å²) in [6.45, 7) is 0.452. The van der Waals surface area contributed by atoms with Gasteiger partial charge < -0.3 is 20.3 Å². The number of nitrogen functional groups attached to an aromatic ring is 1. The molecule has 0 aliphatic carbocycles. The highest BCUT2D eigenvalue weighted by atomic mass is 16.5. The van der Waals surface area contributed by atoms with E-state index in [1.54, 1.807) is 31.4 Å². The molecule has 0 amide bonds. The molecule has 5 heteroatoms. The van der Waals surface area contributed by atoms with Crippen LogP contribution in [-0.2, 0) is 11.3 Å². The van der Waals surface area contributed by atoms with Crippen LogP contribution >= 0.6 is 0 Å². The van der Waals surface area contributed by atoms with Crippen LogP contribution in [-0.4, -0.2) is 18.2 Å². The lowest BCUT2D eigenvalue weighted by Crippen LogP contribution is -2.03. The highest BCUT2D eigenvalue weighted by Gasteiger charge is 2.14. The quantitative estimate of drug-likeness (QED) is 0.818. The largest absolute Gasteiger partial charge is 0.478 e. The number of rotatable bonds is 5. The van der Waals surface area contributed by atoms with Gasteiger partial charge in [0.05, 0.1) is 12.3 Å². The van der Waals surface area contributed by atoms with Crippen LogP contribution in [0.25, 0.3) is 0 Å². The van der Waals surface area contributed by atoms with Crippen molar-refractivity contribution in [2.45, 2.75) is 6.61 Å². The van der Waals surface area contributed by atoms with E-state index in [9.17, 15) is 4.79 Å². The SMILES string of the molecule is COCc1cccc(Oc2c(N)cccc2C(=O)O)c1. The molecule has 0 bridgehead atoms. The third-order valence-electron chi connectivity index (χ3n) is 2.71. The highest BCUT2D eigenvalue weighted by Crippen LogP contribution is 2.31. The summed E-state index contributed by atoms with van der Waals surface area (Å²) in [7, 11) is 1.60. The zero-order valence-electron chi connectivity index (χ0n) is 11.0. The van der Waals surface area contributed by atoms with Gasteiger partial charge in [0.1, 0.15) is 11.3 Å². The summed E-state index contributed by atoms with van der Waals surface area (Å²) in [5.41, 5.74) is 7.03. The van der Waals surface area contributed by atoms with Crippen molar-refractivity contribution in [3.05, 3.63) is 53.6 Å². The van der Waals surface area contributed by atoms with Crippen LogP contribution in [0.2, 0.25) is 0 Å². The normalized spacial score (nSPS) is 10.2. The molecule has 104 valence electrons.